The molecule has 2 nitrogen and oxygen atoms in total. The lowest BCUT2D eigenvalue weighted by atomic mass is 10.0. The van der Waals surface area contributed by atoms with Crippen LogP contribution in [0.4, 0.5) is 0 Å². The lowest BCUT2D eigenvalue weighted by Gasteiger charge is -2.09. The Labute approximate surface area is 115 Å². The van der Waals surface area contributed by atoms with Crippen LogP contribution in [0.3, 0.4) is 0 Å². The van der Waals surface area contributed by atoms with Crippen molar-refractivity contribution in [2.45, 2.75) is 0 Å². The topological polar surface area (TPSA) is 26.3 Å². The highest BCUT2D eigenvalue weighted by Gasteiger charge is 2.08. The van der Waals surface area contributed by atoms with E-state index in [-0.39, 0.29) is 0 Å². The Morgan fingerprint density at radius 1 is 1.11 bits per heavy atom. The summed E-state index contributed by atoms with van der Waals surface area (Å²) in [7, 11) is 1.55. The summed E-state index contributed by atoms with van der Waals surface area (Å²) in [5, 5.41) is 1.10. The largest absolute Gasteiger partial charge is 0.495 e. The van der Waals surface area contributed by atoms with Gasteiger partial charge in [0.15, 0.2) is 6.29 Å². The first-order valence-electron chi connectivity index (χ1n) is 5.24. The summed E-state index contributed by atoms with van der Waals surface area (Å²) >= 11 is 11.9. The lowest BCUT2D eigenvalue weighted by molar-refractivity contribution is 0.112. The Morgan fingerprint density at radius 2 is 1.89 bits per heavy atom. The summed E-state index contributed by atoms with van der Waals surface area (Å²) in [6.45, 7) is 0. The van der Waals surface area contributed by atoms with Gasteiger partial charge in [0.1, 0.15) is 5.75 Å². The van der Waals surface area contributed by atoms with E-state index in [1.54, 1.807) is 37.4 Å². The highest BCUT2D eigenvalue weighted by Crippen LogP contribution is 2.32. The first-order chi connectivity index (χ1) is 8.65. The number of halogens is 2. The van der Waals surface area contributed by atoms with Gasteiger partial charge in [-0.15, -0.1) is 0 Å². The Bertz CT molecular complexity index is 594. The maximum atomic E-state index is 11.0. The molecule has 0 fully saturated rings. The second-order valence-electron chi connectivity index (χ2n) is 3.70. The van der Waals surface area contributed by atoms with Crippen molar-refractivity contribution >= 4 is 29.5 Å². The van der Waals surface area contributed by atoms with Crippen molar-refractivity contribution in [3.05, 3.63) is 52.0 Å². The molecule has 0 saturated heterocycles. The number of benzene rings is 2. The van der Waals surface area contributed by atoms with Gasteiger partial charge in [-0.05, 0) is 41.5 Å². The molecule has 92 valence electrons. The van der Waals surface area contributed by atoms with Gasteiger partial charge in [0.25, 0.3) is 0 Å². The molecule has 4 heteroatoms. The zero-order valence-corrected chi connectivity index (χ0v) is 11.1. The summed E-state index contributed by atoms with van der Waals surface area (Å²) in [6, 6.07) is 10.4. The molecule has 0 saturated carbocycles. The quantitative estimate of drug-likeness (QED) is 0.775. The molecule has 0 N–H and O–H groups in total. The minimum absolute atomic E-state index is 0.524. The molecule has 0 radical (unpaired) electrons. The third-order valence-corrected chi connectivity index (χ3v) is 3.15. The molecule has 0 aliphatic carbocycles. The predicted octanol–water partition coefficient (Wildman–Crippen LogP) is 4.48. The van der Waals surface area contributed by atoms with Gasteiger partial charge in [0.05, 0.1) is 12.1 Å². The van der Waals surface area contributed by atoms with E-state index in [9.17, 15) is 4.79 Å². The Morgan fingerprint density at radius 3 is 2.56 bits per heavy atom. The molecule has 0 amide bonds. The van der Waals surface area contributed by atoms with E-state index in [4.69, 9.17) is 27.9 Å². The summed E-state index contributed by atoms with van der Waals surface area (Å²) in [6.07, 6.45) is 0.798. The van der Waals surface area contributed by atoms with Gasteiger partial charge in [-0.3, -0.25) is 4.79 Å². The molecule has 2 rings (SSSR count). The molecular formula is C14H10Cl2O2. The minimum atomic E-state index is 0.524. The van der Waals surface area contributed by atoms with Crippen LogP contribution >= 0.6 is 23.2 Å². The van der Waals surface area contributed by atoms with Crippen LogP contribution < -0.4 is 4.74 Å². The molecule has 0 atom stereocenters. The highest BCUT2D eigenvalue weighted by atomic mass is 35.5. The van der Waals surface area contributed by atoms with Crippen LogP contribution in [0.25, 0.3) is 11.1 Å². The van der Waals surface area contributed by atoms with E-state index >= 15 is 0 Å². The fourth-order valence-corrected chi connectivity index (χ4v) is 2.08. The zero-order chi connectivity index (χ0) is 13.1. The van der Waals surface area contributed by atoms with Crippen molar-refractivity contribution in [1.29, 1.82) is 0 Å². The van der Waals surface area contributed by atoms with E-state index in [0.717, 1.165) is 17.4 Å². The number of hydrogen-bond donors (Lipinski definition) is 0. The van der Waals surface area contributed by atoms with Crippen molar-refractivity contribution in [2.24, 2.45) is 0 Å². The molecule has 0 aliphatic rings. The summed E-state index contributed by atoms with van der Waals surface area (Å²) in [5.41, 5.74) is 2.16. The first kappa shape index (κ1) is 12.9. The maximum absolute atomic E-state index is 11.0. The molecule has 0 aromatic heterocycles. The van der Waals surface area contributed by atoms with Gasteiger partial charge in [0.2, 0.25) is 0 Å². The number of hydrogen-bond acceptors (Lipinski definition) is 2. The molecule has 0 aliphatic heterocycles. The normalized spacial score (nSPS) is 10.2. The van der Waals surface area contributed by atoms with E-state index in [1.165, 1.54) is 0 Å². The smallest absolute Gasteiger partial charge is 0.150 e. The maximum Gasteiger partial charge on any atom is 0.150 e. The number of carbonyl (C=O) groups excluding carboxylic acids is 1. The lowest BCUT2D eigenvalue weighted by Crippen LogP contribution is -1.90. The highest BCUT2D eigenvalue weighted by molar-refractivity contribution is 6.32. The van der Waals surface area contributed by atoms with E-state index in [2.05, 4.69) is 0 Å². The van der Waals surface area contributed by atoms with Crippen LogP contribution in [0.15, 0.2) is 36.4 Å². The van der Waals surface area contributed by atoms with Crippen molar-refractivity contribution in [2.75, 3.05) is 7.11 Å². The van der Waals surface area contributed by atoms with Crippen LogP contribution in [0, 0.1) is 0 Å². The van der Waals surface area contributed by atoms with Gasteiger partial charge in [0, 0.05) is 10.6 Å². The molecule has 18 heavy (non-hydrogen) atoms. The van der Waals surface area contributed by atoms with E-state index in [0.29, 0.717) is 21.4 Å². The molecule has 0 bridgehead atoms. The third kappa shape index (κ3) is 2.50. The average molecular weight is 281 g/mol. The van der Waals surface area contributed by atoms with Gasteiger partial charge < -0.3 is 4.74 Å². The van der Waals surface area contributed by atoms with Crippen molar-refractivity contribution < 1.29 is 9.53 Å². The van der Waals surface area contributed by atoms with Gasteiger partial charge in [-0.1, -0.05) is 29.3 Å². The van der Waals surface area contributed by atoms with Gasteiger partial charge in [-0.25, -0.2) is 0 Å². The van der Waals surface area contributed by atoms with Crippen molar-refractivity contribution in [3.63, 3.8) is 0 Å². The summed E-state index contributed by atoms with van der Waals surface area (Å²) < 4.78 is 5.16. The Balaban J connectivity index is 2.60. The fourth-order valence-electron chi connectivity index (χ4n) is 1.71. The van der Waals surface area contributed by atoms with Crippen LogP contribution in [0.5, 0.6) is 5.75 Å². The fraction of sp³-hybridized carbons (Fsp3) is 0.0714. The number of ether oxygens (including phenoxy) is 1. The predicted molar refractivity (Wildman–Crippen MR) is 73.8 cm³/mol. The molecule has 0 unspecified atom stereocenters. The number of carbonyl (C=O) groups is 1. The average Bonchev–Trinajstić information content (AvgIpc) is 2.39. The van der Waals surface area contributed by atoms with E-state index < -0.39 is 0 Å². The SMILES string of the molecule is COc1cc(-c2cc(Cl)ccc2C=O)ccc1Cl. The number of aldehydes is 1. The second kappa shape index (κ2) is 5.42. The van der Waals surface area contributed by atoms with E-state index in [1.807, 2.05) is 6.07 Å². The van der Waals surface area contributed by atoms with Crippen molar-refractivity contribution in [1.82, 2.24) is 0 Å². The van der Waals surface area contributed by atoms with Crippen LogP contribution in [0.2, 0.25) is 10.0 Å². The molecule has 0 spiro atoms. The summed E-state index contributed by atoms with van der Waals surface area (Å²) in [5.74, 6) is 0.561. The minimum Gasteiger partial charge on any atom is -0.495 e. The molecule has 2 aromatic carbocycles. The summed E-state index contributed by atoms with van der Waals surface area (Å²) in [4.78, 5) is 11.0. The standard InChI is InChI=1S/C14H10Cl2O2/c1-18-14-6-9(3-5-13(14)16)12-7-11(15)4-2-10(12)8-17/h2-8H,1H3. The van der Waals surface area contributed by atoms with Gasteiger partial charge in [-0.2, -0.15) is 0 Å². The van der Waals surface area contributed by atoms with Crippen molar-refractivity contribution in [3.8, 4) is 16.9 Å². The number of rotatable bonds is 3. The van der Waals surface area contributed by atoms with Crippen LogP contribution in [-0.2, 0) is 0 Å². The third-order valence-electron chi connectivity index (χ3n) is 2.60. The number of methoxy groups -OCH3 is 1. The van der Waals surface area contributed by atoms with Crippen LogP contribution in [0.1, 0.15) is 10.4 Å². The Kier molecular flexibility index (Phi) is 3.90. The van der Waals surface area contributed by atoms with Gasteiger partial charge >= 0.3 is 0 Å². The zero-order valence-electron chi connectivity index (χ0n) is 9.61. The molecule has 0 heterocycles. The molecular weight excluding hydrogens is 271 g/mol. The second-order valence-corrected chi connectivity index (χ2v) is 4.54. The Hall–Kier alpha value is -1.51. The van der Waals surface area contributed by atoms with Crippen LogP contribution in [-0.4, -0.2) is 13.4 Å². The first-order valence-corrected chi connectivity index (χ1v) is 6.00. The molecule has 2 aromatic rings. The monoisotopic (exact) mass is 280 g/mol.